The van der Waals surface area contributed by atoms with E-state index >= 15 is 0 Å². The number of aldehydes is 1. The van der Waals surface area contributed by atoms with Crippen molar-refractivity contribution in [2.45, 2.75) is 20.3 Å². The fraction of sp³-hybridized carbons (Fsp3) is 0.250. The zero-order valence-electron chi connectivity index (χ0n) is 9.34. The van der Waals surface area contributed by atoms with Crippen molar-refractivity contribution in [3.05, 3.63) is 41.2 Å². The first-order chi connectivity index (χ1) is 7.77. The van der Waals surface area contributed by atoms with Crippen LogP contribution in [0.2, 0.25) is 0 Å². The molecule has 0 unspecified atom stereocenters. The summed E-state index contributed by atoms with van der Waals surface area (Å²) in [5.74, 6) is 0. The number of benzene rings is 1. The molecule has 0 bridgehead atoms. The lowest BCUT2D eigenvalue weighted by molar-refractivity contribution is 0.111. The molecule has 2 aromatic rings. The first-order valence-corrected chi connectivity index (χ1v) is 5.23. The van der Waals surface area contributed by atoms with Crippen molar-refractivity contribution < 1.29 is 4.79 Å². The minimum absolute atomic E-state index is 0.422. The van der Waals surface area contributed by atoms with Gasteiger partial charge in [-0.15, -0.1) is 5.10 Å². The molecule has 82 valence electrons. The average molecular weight is 215 g/mol. The summed E-state index contributed by atoms with van der Waals surface area (Å²) in [7, 11) is 0. The molecule has 0 aliphatic heterocycles. The van der Waals surface area contributed by atoms with Gasteiger partial charge in [-0.1, -0.05) is 30.3 Å². The lowest BCUT2D eigenvalue weighted by Crippen LogP contribution is -2.04. The molecule has 2 rings (SSSR count). The van der Waals surface area contributed by atoms with Crippen molar-refractivity contribution in [3.8, 4) is 5.69 Å². The third-order valence-corrected chi connectivity index (χ3v) is 2.58. The molecule has 0 fully saturated rings. The number of aryl methyl sites for hydroxylation is 1. The van der Waals surface area contributed by atoms with Gasteiger partial charge in [-0.05, 0) is 25.0 Å². The van der Waals surface area contributed by atoms with E-state index < -0.39 is 0 Å². The summed E-state index contributed by atoms with van der Waals surface area (Å²) in [6.45, 7) is 4.00. The van der Waals surface area contributed by atoms with E-state index in [9.17, 15) is 4.79 Å². The summed E-state index contributed by atoms with van der Waals surface area (Å²) in [5, 5.41) is 7.89. The molecule has 0 aliphatic carbocycles. The number of hydrogen-bond acceptors (Lipinski definition) is 3. The Balaban J connectivity index is 2.60. The number of carbonyl (C=O) groups excluding carboxylic acids is 1. The van der Waals surface area contributed by atoms with Gasteiger partial charge in [-0.3, -0.25) is 4.79 Å². The van der Waals surface area contributed by atoms with Gasteiger partial charge in [0.2, 0.25) is 0 Å². The first kappa shape index (κ1) is 10.5. The number of hydrogen-bond donors (Lipinski definition) is 0. The van der Waals surface area contributed by atoms with Crippen LogP contribution in [0.1, 0.15) is 28.7 Å². The lowest BCUT2D eigenvalue weighted by atomic mass is 10.2. The lowest BCUT2D eigenvalue weighted by Gasteiger charge is -2.07. The molecule has 0 amide bonds. The maximum absolute atomic E-state index is 10.8. The molecule has 1 aromatic heterocycles. The number of aromatic nitrogens is 3. The Kier molecular flexibility index (Phi) is 2.81. The Morgan fingerprint density at radius 2 is 2.12 bits per heavy atom. The third-order valence-electron chi connectivity index (χ3n) is 2.58. The second-order valence-corrected chi connectivity index (χ2v) is 3.59. The summed E-state index contributed by atoms with van der Waals surface area (Å²) < 4.78 is 1.74. The zero-order chi connectivity index (χ0) is 11.5. The van der Waals surface area contributed by atoms with Crippen molar-refractivity contribution in [2.75, 3.05) is 0 Å². The average Bonchev–Trinajstić information content (AvgIpc) is 2.72. The number of nitrogens with zero attached hydrogens (tertiary/aromatic N) is 3. The summed E-state index contributed by atoms with van der Waals surface area (Å²) in [6, 6.07) is 7.90. The molecule has 16 heavy (non-hydrogen) atoms. The van der Waals surface area contributed by atoms with Gasteiger partial charge in [0.15, 0.2) is 6.29 Å². The molecule has 4 nitrogen and oxygen atoms in total. The van der Waals surface area contributed by atoms with E-state index in [-0.39, 0.29) is 0 Å². The van der Waals surface area contributed by atoms with E-state index in [2.05, 4.69) is 10.3 Å². The molecule has 1 aromatic carbocycles. The van der Waals surface area contributed by atoms with Crippen molar-refractivity contribution in [1.82, 2.24) is 15.0 Å². The summed E-state index contributed by atoms with van der Waals surface area (Å²) in [5.41, 5.74) is 3.36. The Morgan fingerprint density at radius 1 is 1.38 bits per heavy atom. The van der Waals surface area contributed by atoms with Crippen LogP contribution in [0.3, 0.4) is 0 Å². The molecule has 4 heteroatoms. The smallest absolute Gasteiger partial charge is 0.172 e. The van der Waals surface area contributed by atoms with Gasteiger partial charge in [0.1, 0.15) is 5.69 Å². The number of para-hydroxylation sites is 1. The largest absolute Gasteiger partial charge is 0.296 e. The van der Waals surface area contributed by atoms with Crippen LogP contribution < -0.4 is 0 Å². The standard InChI is InChI=1S/C12H13N3O/c1-3-11-10(8-16)13-14-15(11)12-7-5-4-6-9(12)2/h4-8H,3H2,1-2H3. The van der Waals surface area contributed by atoms with Crippen LogP contribution in [-0.2, 0) is 6.42 Å². The van der Waals surface area contributed by atoms with E-state index in [1.165, 1.54) is 0 Å². The SMILES string of the molecule is CCc1c(C=O)nnn1-c1ccccc1C. The van der Waals surface area contributed by atoms with Crippen molar-refractivity contribution >= 4 is 6.29 Å². The van der Waals surface area contributed by atoms with E-state index in [0.29, 0.717) is 5.69 Å². The Hall–Kier alpha value is -1.97. The highest BCUT2D eigenvalue weighted by molar-refractivity contribution is 5.73. The summed E-state index contributed by atoms with van der Waals surface area (Å²) >= 11 is 0. The summed E-state index contributed by atoms with van der Waals surface area (Å²) in [4.78, 5) is 10.8. The maximum atomic E-state index is 10.8. The van der Waals surface area contributed by atoms with Gasteiger partial charge < -0.3 is 0 Å². The van der Waals surface area contributed by atoms with Crippen LogP contribution in [0.25, 0.3) is 5.69 Å². The van der Waals surface area contributed by atoms with Crippen LogP contribution in [0.4, 0.5) is 0 Å². The van der Waals surface area contributed by atoms with Gasteiger partial charge in [-0.2, -0.15) is 0 Å². The molecule has 0 radical (unpaired) electrons. The molecule has 0 N–H and O–H groups in total. The van der Waals surface area contributed by atoms with Crippen molar-refractivity contribution in [1.29, 1.82) is 0 Å². The summed E-state index contributed by atoms with van der Waals surface area (Å²) in [6.07, 6.45) is 1.48. The highest BCUT2D eigenvalue weighted by Crippen LogP contribution is 2.16. The third kappa shape index (κ3) is 1.62. The van der Waals surface area contributed by atoms with Crippen molar-refractivity contribution in [2.24, 2.45) is 0 Å². The Bertz CT molecular complexity index is 517. The van der Waals surface area contributed by atoms with Crippen LogP contribution in [0.5, 0.6) is 0 Å². The Labute approximate surface area is 93.9 Å². The molecule has 0 spiro atoms. The van der Waals surface area contributed by atoms with E-state index in [1.807, 2.05) is 38.1 Å². The second-order valence-electron chi connectivity index (χ2n) is 3.59. The molecular weight excluding hydrogens is 202 g/mol. The normalized spacial score (nSPS) is 10.4. The highest BCUT2D eigenvalue weighted by atomic mass is 16.1. The minimum atomic E-state index is 0.422. The van der Waals surface area contributed by atoms with Crippen LogP contribution in [0.15, 0.2) is 24.3 Å². The maximum Gasteiger partial charge on any atom is 0.172 e. The van der Waals surface area contributed by atoms with E-state index in [4.69, 9.17) is 0 Å². The predicted molar refractivity (Wildman–Crippen MR) is 60.9 cm³/mol. The van der Waals surface area contributed by atoms with Gasteiger partial charge in [0, 0.05) is 0 Å². The topological polar surface area (TPSA) is 47.8 Å². The van der Waals surface area contributed by atoms with Gasteiger partial charge in [-0.25, -0.2) is 4.68 Å². The second kappa shape index (κ2) is 4.26. The molecule has 0 saturated heterocycles. The fourth-order valence-electron chi connectivity index (χ4n) is 1.73. The van der Waals surface area contributed by atoms with Gasteiger partial charge in [0.05, 0.1) is 11.4 Å². The molecule has 0 saturated carbocycles. The number of rotatable bonds is 3. The minimum Gasteiger partial charge on any atom is -0.296 e. The Morgan fingerprint density at radius 3 is 2.75 bits per heavy atom. The molecule has 0 atom stereocenters. The van der Waals surface area contributed by atoms with E-state index in [1.54, 1.807) is 4.68 Å². The van der Waals surface area contributed by atoms with Gasteiger partial charge >= 0.3 is 0 Å². The van der Waals surface area contributed by atoms with E-state index in [0.717, 1.165) is 29.7 Å². The van der Waals surface area contributed by atoms with Crippen LogP contribution in [0, 0.1) is 6.92 Å². The fourth-order valence-corrected chi connectivity index (χ4v) is 1.73. The van der Waals surface area contributed by atoms with Crippen LogP contribution in [-0.4, -0.2) is 21.3 Å². The monoisotopic (exact) mass is 215 g/mol. The van der Waals surface area contributed by atoms with Crippen molar-refractivity contribution in [3.63, 3.8) is 0 Å². The molecule has 1 heterocycles. The molecular formula is C12H13N3O. The predicted octanol–water partition coefficient (Wildman–Crippen LogP) is 1.95. The molecule has 0 aliphatic rings. The first-order valence-electron chi connectivity index (χ1n) is 5.23. The highest BCUT2D eigenvalue weighted by Gasteiger charge is 2.12. The van der Waals surface area contributed by atoms with Gasteiger partial charge in [0.25, 0.3) is 0 Å². The number of carbonyl (C=O) groups is 1. The van der Waals surface area contributed by atoms with Crippen LogP contribution >= 0.6 is 0 Å². The zero-order valence-corrected chi connectivity index (χ0v) is 9.34. The quantitative estimate of drug-likeness (QED) is 0.735.